The van der Waals surface area contributed by atoms with Gasteiger partial charge in [0, 0.05) is 13.3 Å². The number of hydrogen-bond acceptors (Lipinski definition) is 5. The van der Waals surface area contributed by atoms with E-state index in [1.54, 1.807) is 6.92 Å². The Kier molecular flexibility index (Phi) is 6.09. The van der Waals surface area contributed by atoms with Gasteiger partial charge >= 0.3 is 0 Å². The minimum absolute atomic E-state index is 0.0348. The molecule has 0 spiro atoms. The normalized spacial score (nSPS) is 10.5. The van der Waals surface area contributed by atoms with Gasteiger partial charge in [-0.1, -0.05) is 29.0 Å². The first-order valence-electron chi connectivity index (χ1n) is 7.85. The van der Waals surface area contributed by atoms with Gasteiger partial charge in [0.1, 0.15) is 5.75 Å². The quantitative estimate of drug-likeness (QED) is 0.606. The maximum Gasteiger partial charge on any atom is 0.226 e. The summed E-state index contributed by atoms with van der Waals surface area (Å²) in [4.78, 5) is 28.1. The number of carbonyl (C=O) groups excluding carboxylic acids is 2. The Balaban J connectivity index is 1.77. The first-order valence-corrected chi connectivity index (χ1v) is 8.66. The number of carbonyl (C=O) groups is 2. The van der Waals surface area contributed by atoms with E-state index >= 15 is 0 Å². The van der Waals surface area contributed by atoms with Crippen LogP contribution in [0.3, 0.4) is 0 Å². The van der Waals surface area contributed by atoms with Gasteiger partial charge in [-0.3, -0.25) is 9.59 Å². The van der Waals surface area contributed by atoms with E-state index in [0.29, 0.717) is 35.2 Å². The number of ether oxygens (including phenoxy) is 1. The maximum atomic E-state index is 11.9. The van der Waals surface area contributed by atoms with Crippen molar-refractivity contribution in [2.24, 2.45) is 0 Å². The maximum absolute atomic E-state index is 11.9. The van der Waals surface area contributed by atoms with Crippen molar-refractivity contribution in [3.8, 4) is 5.75 Å². The van der Waals surface area contributed by atoms with Gasteiger partial charge in [0.25, 0.3) is 0 Å². The van der Waals surface area contributed by atoms with Gasteiger partial charge in [-0.05, 0) is 38.8 Å². The summed E-state index contributed by atoms with van der Waals surface area (Å²) in [5, 5.41) is 3.21. The van der Waals surface area contributed by atoms with E-state index in [4.69, 9.17) is 4.74 Å². The molecule has 5 nitrogen and oxygen atoms in total. The SMILES string of the molecule is CC(=O)c1sc(NC(=O)CCCOc2ccc(C)cc2C)nc1C. The number of rotatable bonds is 7. The summed E-state index contributed by atoms with van der Waals surface area (Å²) in [5.74, 6) is 0.693. The lowest BCUT2D eigenvalue weighted by molar-refractivity contribution is -0.116. The second-order valence-corrected chi connectivity index (χ2v) is 6.76. The van der Waals surface area contributed by atoms with Crippen molar-refractivity contribution in [2.75, 3.05) is 11.9 Å². The summed E-state index contributed by atoms with van der Waals surface area (Å²) in [6.07, 6.45) is 0.960. The predicted molar refractivity (Wildman–Crippen MR) is 96.1 cm³/mol. The second kappa shape index (κ2) is 8.06. The first kappa shape index (κ1) is 18.1. The van der Waals surface area contributed by atoms with E-state index in [-0.39, 0.29) is 11.7 Å². The van der Waals surface area contributed by atoms with Gasteiger partial charge in [-0.25, -0.2) is 4.98 Å². The molecule has 1 aromatic heterocycles. The van der Waals surface area contributed by atoms with Crippen LogP contribution in [0.1, 0.15) is 46.3 Å². The third-order valence-electron chi connectivity index (χ3n) is 3.50. The van der Waals surface area contributed by atoms with Crippen molar-refractivity contribution < 1.29 is 14.3 Å². The molecule has 128 valence electrons. The Hall–Kier alpha value is -2.21. The standard InChI is InChI=1S/C18H22N2O3S/c1-11-7-8-15(12(2)10-11)23-9-5-6-16(22)20-18-19-13(3)17(24-18)14(4)21/h7-8,10H,5-6,9H2,1-4H3,(H,19,20,22). The van der Waals surface area contributed by atoms with Crippen LogP contribution in [0.15, 0.2) is 18.2 Å². The first-order chi connectivity index (χ1) is 11.4. The van der Waals surface area contributed by atoms with Crippen LogP contribution in [0.5, 0.6) is 5.75 Å². The number of thiazole rings is 1. The Morgan fingerprint density at radius 2 is 2.00 bits per heavy atom. The molecule has 1 aromatic carbocycles. The third kappa shape index (κ3) is 4.89. The monoisotopic (exact) mass is 346 g/mol. The zero-order valence-corrected chi connectivity index (χ0v) is 15.3. The fourth-order valence-corrected chi connectivity index (χ4v) is 3.21. The Labute approximate surface area is 146 Å². The fourth-order valence-electron chi connectivity index (χ4n) is 2.33. The number of hydrogen-bond donors (Lipinski definition) is 1. The lowest BCUT2D eigenvalue weighted by Crippen LogP contribution is -2.12. The van der Waals surface area contributed by atoms with Crippen LogP contribution >= 0.6 is 11.3 Å². The molecule has 1 heterocycles. The summed E-state index contributed by atoms with van der Waals surface area (Å²) in [7, 11) is 0. The van der Waals surface area contributed by atoms with E-state index in [0.717, 1.165) is 11.3 Å². The number of Topliss-reactive ketones (excluding diaryl/α,β-unsaturated/α-hetero) is 1. The van der Waals surface area contributed by atoms with Gasteiger partial charge in [-0.2, -0.15) is 0 Å². The molecular formula is C18H22N2O3S. The van der Waals surface area contributed by atoms with Crippen LogP contribution in [-0.4, -0.2) is 23.3 Å². The van der Waals surface area contributed by atoms with Gasteiger partial charge in [-0.15, -0.1) is 0 Å². The zero-order chi connectivity index (χ0) is 17.7. The van der Waals surface area contributed by atoms with Crippen LogP contribution < -0.4 is 10.1 Å². The molecule has 0 aliphatic carbocycles. The van der Waals surface area contributed by atoms with Gasteiger partial charge in [0.2, 0.25) is 5.91 Å². The topological polar surface area (TPSA) is 68.3 Å². The zero-order valence-electron chi connectivity index (χ0n) is 14.4. The Morgan fingerprint density at radius 1 is 1.25 bits per heavy atom. The number of nitrogens with zero attached hydrogens (tertiary/aromatic N) is 1. The number of amides is 1. The van der Waals surface area contributed by atoms with Gasteiger partial charge < -0.3 is 10.1 Å². The molecule has 0 atom stereocenters. The third-order valence-corrected chi connectivity index (χ3v) is 4.67. The van der Waals surface area contributed by atoms with E-state index < -0.39 is 0 Å². The van der Waals surface area contributed by atoms with Crippen molar-refractivity contribution in [1.29, 1.82) is 0 Å². The summed E-state index contributed by atoms with van der Waals surface area (Å²) >= 11 is 1.21. The smallest absolute Gasteiger partial charge is 0.226 e. The Morgan fingerprint density at radius 3 is 2.62 bits per heavy atom. The van der Waals surface area contributed by atoms with Crippen molar-refractivity contribution in [2.45, 2.75) is 40.5 Å². The van der Waals surface area contributed by atoms with E-state index in [1.165, 1.54) is 23.8 Å². The van der Waals surface area contributed by atoms with E-state index in [2.05, 4.69) is 16.4 Å². The molecule has 0 aliphatic rings. The second-order valence-electron chi connectivity index (χ2n) is 5.76. The lowest BCUT2D eigenvalue weighted by atomic mass is 10.1. The molecule has 0 bridgehead atoms. The molecule has 0 radical (unpaired) electrons. The number of benzene rings is 1. The number of aryl methyl sites for hydroxylation is 3. The van der Waals surface area contributed by atoms with E-state index in [1.807, 2.05) is 26.0 Å². The molecular weight excluding hydrogens is 324 g/mol. The molecule has 0 unspecified atom stereocenters. The minimum atomic E-state index is -0.122. The highest BCUT2D eigenvalue weighted by atomic mass is 32.1. The van der Waals surface area contributed by atoms with Crippen LogP contribution in [0, 0.1) is 20.8 Å². The predicted octanol–water partition coefficient (Wildman–Crippen LogP) is 4.07. The largest absolute Gasteiger partial charge is 0.493 e. The Bertz CT molecular complexity index is 753. The number of nitrogens with one attached hydrogen (secondary N) is 1. The lowest BCUT2D eigenvalue weighted by Gasteiger charge is -2.09. The summed E-state index contributed by atoms with van der Waals surface area (Å²) < 4.78 is 5.71. The molecule has 1 amide bonds. The number of anilines is 1. The average molecular weight is 346 g/mol. The minimum Gasteiger partial charge on any atom is -0.493 e. The summed E-state index contributed by atoms with van der Waals surface area (Å²) in [5.41, 5.74) is 2.94. The molecule has 0 fully saturated rings. The van der Waals surface area contributed by atoms with Crippen LogP contribution in [-0.2, 0) is 4.79 Å². The highest BCUT2D eigenvalue weighted by Gasteiger charge is 2.13. The molecule has 0 saturated heterocycles. The van der Waals surface area contributed by atoms with Gasteiger partial charge in [0.15, 0.2) is 10.9 Å². The van der Waals surface area contributed by atoms with Crippen molar-refractivity contribution in [1.82, 2.24) is 4.98 Å². The molecule has 0 aliphatic heterocycles. The molecule has 0 saturated carbocycles. The summed E-state index contributed by atoms with van der Waals surface area (Å²) in [6, 6.07) is 6.03. The highest BCUT2D eigenvalue weighted by molar-refractivity contribution is 7.17. The molecule has 6 heteroatoms. The number of ketones is 1. The van der Waals surface area contributed by atoms with Crippen molar-refractivity contribution >= 4 is 28.2 Å². The number of aromatic nitrogens is 1. The molecule has 2 rings (SSSR count). The molecule has 24 heavy (non-hydrogen) atoms. The van der Waals surface area contributed by atoms with Gasteiger partial charge in [0.05, 0.1) is 17.2 Å². The van der Waals surface area contributed by atoms with Crippen LogP contribution in [0.2, 0.25) is 0 Å². The fraction of sp³-hybridized carbons (Fsp3) is 0.389. The van der Waals surface area contributed by atoms with E-state index in [9.17, 15) is 9.59 Å². The highest BCUT2D eigenvalue weighted by Crippen LogP contribution is 2.23. The van der Waals surface area contributed by atoms with Crippen LogP contribution in [0.4, 0.5) is 5.13 Å². The van der Waals surface area contributed by atoms with Crippen molar-refractivity contribution in [3.63, 3.8) is 0 Å². The van der Waals surface area contributed by atoms with Crippen LogP contribution in [0.25, 0.3) is 0 Å². The summed E-state index contributed by atoms with van der Waals surface area (Å²) in [6.45, 7) is 7.79. The molecule has 1 N–H and O–H groups in total. The average Bonchev–Trinajstić information content (AvgIpc) is 2.86. The van der Waals surface area contributed by atoms with Crippen molar-refractivity contribution in [3.05, 3.63) is 39.9 Å². The molecule has 2 aromatic rings.